The molecule has 2 rings (SSSR count). The van der Waals surface area contributed by atoms with Crippen molar-refractivity contribution < 1.29 is 5.11 Å². The van der Waals surface area contributed by atoms with Gasteiger partial charge in [0.1, 0.15) is 0 Å². The van der Waals surface area contributed by atoms with Crippen LogP contribution < -0.4 is 0 Å². The van der Waals surface area contributed by atoms with E-state index in [0.29, 0.717) is 13.1 Å². The van der Waals surface area contributed by atoms with Gasteiger partial charge in [-0.3, -0.25) is 0 Å². The van der Waals surface area contributed by atoms with Crippen LogP contribution in [0.2, 0.25) is 0 Å². The lowest BCUT2D eigenvalue weighted by Gasteiger charge is -2.25. The van der Waals surface area contributed by atoms with Crippen molar-refractivity contribution in [2.24, 2.45) is 0 Å². The molecule has 0 fully saturated rings. The lowest BCUT2D eigenvalue weighted by atomic mass is 10.3. The highest BCUT2D eigenvalue weighted by atomic mass is 16.3. The summed E-state index contributed by atoms with van der Waals surface area (Å²) in [5.41, 5.74) is 0. The van der Waals surface area contributed by atoms with Crippen LogP contribution in [-0.2, 0) is 0 Å². The van der Waals surface area contributed by atoms with Crippen LogP contribution in [0.25, 0.3) is 0 Å². The second kappa shape index (κ2) is 4.65. The van der Waals surface area contributed by atoms with E-state index < -0.39 is 0 Å². The van der Waals surface area contributed by atoms with Crippen molar-refractivity contribution in [2.75, 3.05) is 40.5 Å². The molecule has 0 saturated heterocycles. The Balaban J connectivity index is 1.70. The predicted molar refractivity (Wildman–Crippen MR) is 63.0 cm³/mol. The van der Waals surface area contributed by atoms with Crippen LogP contribution in [0.1, 0.15) is 0 Å². The summed E-state index contributed by atoms with van der Waals surface area (Å²) in [6.45, 7) is 3.11. The molecule has 0 spiro atoms. The number of aliphatic hydroxyl groups excluding tert-OH is 1. The highest BCUT2D eigenvalue weighted by Crippen LogP contribution is 2.08. The van der Waals surface area contributed by atoms with Gasteiger partial charge in [0.2, 0.25) is 0 Å². The molecule has 0 bridgehead atoms. The molecule has 0 saturated carbocycles. The maximum atomic E-state index is 9.95. The van der Waals surface area contributed by atoms with E-state index in [1.165, 1.54) is 0 Å². The fourth-order valence-electron chi connectivity index (χ4n) is 2.01. The first-order chi connectivity index (χ1) is 7.63. The van der Waals surface area contributed by atoms with Crippen molar-refractivity contribution in [3.05, 3.63) is 24.8 Å². The van der Waals surface area contributed by atoms with Crippen molar-refractivity contribution in [1.82, 2.24) is 19.6 Å². The van der Waals surface area contributed by atoms with Crippen molar-refractivity contribution in [3.63, 3.8) is 0 Å². The molecule has 0 unspecified atom stereocenters. The van der Waals surface area contributed by atoms with E-state index in [9.17, 15) is 5.11 Å². The van der Waals surface area contributed by atoms with Crippen molar-refractivity contribution in [2.45, 2.75) is 6.10 Å². The summed E-state index contributed by atoms with van der Waals surface area (Å²) in [5.74, 6) is 0. The Bertz CT molecular complexity index is 264. The van der Waals surface area contributed by atoms with Gasteiger partial charge in [0, 0.05) is 52.0 Å². The molecule has 2 aliphatic rings. The first kappa shape index (κ1) is 11.1. The number of nitrogens with zero attached hydrogens (tertiary/aromatic N) is 4. The summed E-state index contributed by atoms with van der Waals surface area (Å²) in [4.78, 5) is 8.43. The van der Waals surface area contributed by atoms with E-state index in [1.807, 2.05) is 38.9 Å². The van der Waals surface area contributed by atoms with Crippen LogP contribution in [0.4, 0.5) is 0 Å². The van der Waals surface area contributed by atoms with E-state index in [2.05, 4.69) is 19.6 Å². The van der Waals surface area contributed by atoms with E-state index >= 15 is 0 Å². The molecular formula is C11H20N4O. The molecule has 2 aliphatic heterocycles. The minimum absolute atomic E-state index is 0.313. The summed E-state index contributed by atoms with van der Waals surface area (Å²) in [6.07, 6.45) is 7.78. The van der Waals surface area contributed by atoms with E-state index in [-0.39, 0.29) is 6.10 Å². The zero-order chi connectivity index (χ0) is 11.5. The first-order valence-electron chi connectivity index (χ1n) is 5.57. The van der Waals surface area contributed by atoms with Crippen molar-refractivity contribution in [3.8, 4) is 0 Å². The van der Waals surface area contributed by atoms with Gasteiger partial charge in [0.05, 0.1) is 19.4 Å². The van der Waals surface area contributed by atoms with Gasteiger partial charge in [-0.25, -0.2) is 0 Å². The Hall–Kier alpha value is -1.36. The highest BCUT2D eigenvalue weighted by Gasteiger charge is 2.17. The fourth-order valence-corrected chi connectivity index (χ4v) is 2.01. The molecule has 5 heteroatoms. The molecule has 1 N–H and O–H groups in total. The van der Waals surface area contributed by atoms with E-state index in [0.717, 1.165) is 13.3 Å². The van der Waals surface area contributed by atoms with Crippen LogP contribution in [0.15, 0.2) is 24.8 Å². The smallest absolute Gasteiger partial charge is 0.0891 e. The molecule has 0 aliphatic carbocycles. The van der Waals surface area contributed by atoms with Gasteiger partial charge in [-0.2, -0.15) is 0 Å². The SMILES string of the molecule is CN1C=CN(CC(O)CN2C=CN(C)C2)C1. The molecule has 0 amide bonds. The number of hydrogen-bond donors (Lipinski definition) is 1. The number of β-amino-alcohol motifs (C(OH)–C–C–N with tert-alkyl or cyclic N) is 1. The van der Waals surface area contributed by atoms with Gasteiger partial charge < -0.3 is 24.7 Å². The minimum atomic E-state index is -0.313. The van der Waals surface area contributed by atoms with E-state index in [1.54, 1.807) is 0 Å². The largest absolute Gasteiger partial charge is 0.389 e. The molecule has 0 aromatic carbocycles. The van der Waals surface area contributed by atoms with Gasteiger partial charge >= 0.3 is 0 Å². The average Bonchev–Trinajstić information content (AvgIpc) is 2.76. The van der Waals surface area contributed by atoms with Crippen LogP contribution >= 0.6 is 0 Å². The maximum Gasteiger partial charge on any atom is 0.0891 e. The number of hydrogen-bond acceptors (Lipinski definition) is 5. The second-order valence-electron chi connectivity index (χ2n) is 4.59. The molecule has 0 radical (unpaired) electrons. The monoisotopic (exact) mass is 224 g/mol. The topological polar surface area (TPSA) is 33.2 Å². The van der Waals surface area contributed by atoms with Gasteiger partial charge in [0.15, 0.2) is 0 Å². The Morgan fingerprint density at radius 2 is 1.38 bits per heavy atom. The van der Waals surface area contributed by atoms with Crippen LogP contribution in [0, 0.1) is 0 Å². The average molecular weight is 224 g/mol. The van der Waals surface area contributed by atoms with Crippen molar-refractivity contribution in [1.29, 1.82) is 0 Å². The summed E-state index contributed by atoms with van der Waals surface area (Å²) in [6, 6.07) is 0. The van der Waals surface area contributed by atoms with Gasteiger partial charge in [0.25, 0.3) is 0 Å². The third-order valence-electron chi connectivity index (χ3n) is 2.76. The molecule has 0 aromatic rings. The molecule has 0 aromatic heterocycles. The predicted octanol–water partition coefficient (Wildman–Crippen LogP) is -0.300. The zero-order valence-corrected chi connectivity index (χ0v) is 9.95. The molecule has 16 heavy (non-hydrogen) atoms. The summed E-state index contributed by atoms with van der Waals surface area (Å²) in [7, 11) is 4.06. The van der Waals surface area contributed by atoms with Crippen LogP contribution in [-0.4, -0.2) is 71.3 Å². The third-order valence-corrected chi connectivity index (χ3v) is 2.76. The Kier molecular flexibility index (Phi) is 3.24. The minimum Gasteiger partial charge on any atom is -0.389 e. The Morgan fingerprint density at radius 3 is 1.69 bits per heavy atom. The first-order valence-corrected chi connectivity index (χ1v) is 5.57. The quantitative estimate of drug-likeness (QED) is 0.709. The lowest BCUT2D eigenvalue weighted by molar-refractivity contribution is 0.0941. The molecule has 90 valence electrons. The third kappa shape index (κ3) is 2.82. The molecule has 5 nitrogen and oxygen atoms in total. The Labute approximate surface area is 96.8 Å². The fraction of sp³-hybridized carbons (Fsp3) is 0.636. The Morgan fingerprint density at radius 1 is 0.938 bits per heavy atom. The molecule has 0 atom stereocenters. The summed E-state index contributed by atoms with van der Waals surface area (Å²) >= 11 is 0. The molecular weight excluding hydrogens is 204 g/mol. The standard InChI is InChI=1S/C11H20N4O/c1-12-3-5-14(9-12)7-11(16)8-15-6-4-13(2)10-15/h3-6,11,16H,7-10H2,1-2H3. The highest BCUT2D eigenvalue weighted by molar-refractivity contribution is 4.92. The molecule has 2 heterocycles. The van der Waals surface area contributed by atoms with Gasteiger partial charge in [-0.1, -0.05) is 0 Å². The second-order valence-corrected chi connectivity index (χ2v) is 4.59. The van der Waals surface area contributed by atoms with E-state index in [4.69, 9.17) is 0 Å². The summed E-state index contributed by atoms with van der Waals surface area (Å²) in [5, 5.41) is 9.95. The number of rotatable bonds is 4. The van der Waals surface area contributed by atoms with Gasteiger partial charge in [-0.05, 0) is 0 Å². The van der Waals surface area contributed by atoms with Crippen LogP contribution in [0.5, 0.6) is 0 Å². The summed E-state index contributed by atoms with van der Waals surface area (Å²) < 4.78 is 0. The lowest BCUT2D eigenvalue weighted by Crippen LogP contribution is -2.38. The normalized spacial score (nSPS) is 19.8. The maximum absolute atomic E-state index is 9.95. The van der Waals surface area contributed by atoms with Crippen molar-refractivity contribution >= 4 is 0 Å². The van der Waals surface area contributed by atoms with Gasteiger partial charge in [-0.15, -0.1) is 0 Å². The zero-order valence-electron chi connectivity index (χ0n) is 9.95. The number of aliphatic hydroxyl groups is 1. The van der Waals surface area contributed by atoms with Crippen LogP contribution in [0.3, 0.4) is 0 Å².